The molecule has 0 fully saturated rings. The second-order valence-corrected chi connectivity index (χ2v) is 8.72. The minimum Gasteiger partial charge on any atom is -0.489 e. The number of rotatable bonds is 7. The third kappa shape index (κ3) is 6.33. The van der Waals surface area contributed by atoms with Crippen LogP contribution in [0.25, 0.3) is 10.6 Å². The molecule has 0 aliphatic heterocycles. The monoisotopic (exact) mass is 535 g/mol. The lowest BCUT2D eigenvalue weighted by molar-refractivity contribution is -0.136. The highest BCUT2D eigenvalue weighted by Crippen LogP contribution is 2.26. The number of carbonyl (C=O) groups is 2. The number of carbonyl (C=O) groups excluding carboxylic acids is 2. The van der Waals surface area contributed by atoms with E-state index in [4.69, 9.17) is 4.74 Å². The van der Waals surface area contributed by atoms with Gasteiger partial charge in [-0.1, -0.05) is 87.9 Å². The number of ether oxygens (including phenoxy) is 1. The van der Waals surface area contributed by atoms with Gasteiger partial charge in [-0.2, -0.15) is 5.10 Å². The molecule has 1 heterocycles. The van der Waals surface area contributed by atoms with Gasteiger partial charge in [0.15, 0.2) is 0 Å². The number of nitrogens with zero attached hydrogens (tertiary/aromatic N) is 3. The van der Waals surface area contributed by atoms with E-state index in [0.717, 1.165) is 15.6 Å². The number of anilines is 1. The van der Waals surface area contributed by atoms with Gasteiger partial charge in [-0.25, -0.2) is 5.43 Å². The first-order chi connectivity index (χ1) is 16.6. The Labute approximate surface area is 207 Å². The van der Waals surface area contributed by atoms with Crippen molar-refractivity contribution in [3.8, 4) is 16.3 Å². The summed E-state index contributed by atoms with van der Waals surface area (Å²) in [6, 6.07) is 24.6. The number of benzene rings is 3. The maximum absolute atomic E-state index is 12.2. The normalized spacial score (nSPS) is 10.7. The molecule has 2 N–H and O–H groups in total. The molecule has 1 aromatic heterocycles. The summed E-state index contributed by atoms with van der Waals surface area (Å²) in [6.07, 6.45) is 1.42. The van der Waals surface area contributed by atoms with Crippen LogP contribution in [0.1, 0.15) is 11.1 Å². The zero-order valence-corrected chi connectivity index (χ0v) is 20.0. The smallest absolute Gasteiger partial charge is 0.329 e. The lowest BCUT2D eigenvalue weighted by atomic mass is 10.2. The van der Waals surface area contributed by atoms with E-state index < -0.39 is 11.8 Å². The van der Waals surface area contributed by atoms with Crippen LogP contribution in [0.5, 0.6) is 5.75 Å². The standard InChI is InChI=1S/C24H18BrN5O3S/c25-20-12-11-19(33-15-16-7-3-1-4-8-16)13-18(20)14-26-28-22(32)21(31)27-24-30-29-23(34-24)17-9-5-2-6-10-17/h1-14H,15H2,(H,28,32)(H,27,30,31)/b26-14-. The van der Waals surface area contributed by atoms with Crippen molar-refractivity contribution >= 4 is 50.4 Å². The summed E-state index contributed by atoms with van der Waals surface area (Å²) in [4.78, 5) is 24.3. The van der Waals surface area contributed by atoms with Gasteiger partial charge in [0, 0.05) is 15.6 Å². The molecule has 0 radical (unpaired) electrons. The van der Waals surface area contributed by atoms with Gasteiger partial charge in [0.05, 0.1) is 6.21 Å². The Morgan fingerprint density at radius 2 is 1.71 bits per heavy atom. The number of halogens is 1. The largest absolute Gasteiger partial charge is 0.489 e. The molecule has 2 amide bonds. The van der Waals surface area contributed by atoms with E-state index >= 15 is 0 Å². The first-order valence-corrected chi connectivity index (χ1v) is 11.7. The molecule has 0 saturated carbocycles. The van der Waals surface area contributed by atoms with E-state index in [0.29, 0.717) is 22.9 Å². The van der Waals surface area contributed by atoms with Crippen molar-refractivity contribution in [1.29, 1.82) is 0 Å². The topological polar surface area (TPSA) is 106 Å². The maximum Gasteiger partial charge on any atom is 0.329 e. The van der Waals surface area contributed by atoms with Gasteiger partial charge in [0.25, 0.3) is 0 Å². The van der Waals surface area contributed by atoms with Gasteiger partial charge in [-0.3, -0.25) is 14.9 Å². The van der Waals surface area contributed by atoms with E-state index in [-0.39, 0.29) is 5.13 Å². The Hall–Kier alpha value is -3.89. The van der Waals surface area contributed by atoms with E-state index in [1.807, 2.05) is 72.8 Å². The first kappa shape index (κ1) is 23.3. The highest BCUT2D eigenvalue weighted by molar-refractivity contribution is 9.10. The van der Waals surface area contributed by atoms with Gasteiger partial charge >= 0.3 is 11.8 Å². The Balaban J connectivity index is 1.31. The van der Waals surface area contributed by atoms with E-state index in [9.17, 15) is 9.59 Å². The Kier molecular flexibility index (Phi) is 7.74. The Morgan fingerprint density at radius 3 is 2.47 bits per heavy atom. The molecule has 0 atom stereocenters. The summed E-state index contributed by atoms with van der Waals surface area (Å²) < 4.78 is 6.56. The van der Waals surface area contributed by atoms with Crippen LogP contribution in [0.2, 0.25) is 0 Å². The molecule has 8 nitrogen and oxygen atoms in total. The molecule has 0 spiro atoms. The summed E-state index contributed by atoms with van der Waals surface area (Å²) in [5.41, 5.74) is 4.79. The fraction of sp³-hybridized carbons (Fsp3) is 0.0417. The van der Waals surface area contributed by atoms with E-state index in [1.54, 1.807) is 6.07 Å². The van der Waals surface area contributed by atoms with Crippen LogP contribution >= 0.6 is 27.3 Å². The molecule has 0 unspecified atom stereocenters. The molecule has 3 aromatic carbocycles. The molecular weight excluding hydrogens is 518 g/mol. The van der Waals surface area contributed by atoms with E-state index in [2.05, 4.69) is 42.0 Å². The predicted molar refractivity (Wildman–Crippen MR) is 135 cm³/mol. The highest BCUT2D eigenvalue weighted by Gasteiger charge is 2.16. The molecule has 0 saturated heterocycles. The molecule has 0 aliphatic carbocycles. The van der Waals surface area contributed by atoms with Gasteiger partial charge in [-0.05, 0) is 23.8 Å². The second kappa shape index (κ2) is 11.3. The summed E-state index contributed by atoms with van der Waals surface area (Å²) in [6.45, 7) is 0.424. The third-order valence-corrected chi connectivity index (χ3v) is 6.07. The van der Waals surface area contributed by atoms with Crippen molar-refractivity contribution in [1.82, 2.24) is 15.6 Å². The van der Waals surface area contributed by atoms with Gasteiger partial charge in [-0.15, -0.1) is 10.2 Å². The number of amides is 2. The summed E-state index contributed by atoms with van der Waals surface area (Å²) >= 11 is 4.60. The number of aromatic nitrogens is 2. The van der Waals surface area contributed by atoms with Crippen LogP contribution in [-0.4, -0.2) is 28.2 Å². The van der Waals surface area contributed by atoms with Gasteiger partial charge < -0.3 is 4.74 Å². The maximum atomic E-state index is 12.2. The molecule has 0 bridgehead atoms. The zero-order chi connectivity index (χ0) is 23.8. The minimum atomic E-state index is -0.930. The average molecular weight is 536 g/mol. The quantitative estimate of drug-likeness (QED) is 0.204. The van der Waals surface area contributed by atoms with Crippen molar-refractivity contribution in [3.63, 3.8) is 0 Å². The number of hydrogen-bond donors (Lipinski definition) is 2. The van der Waals surface area contributed by atoms with Crippen molar-refractivity contribution in [2.75, 3.05) is 5.32 Å². The van der Waals surface area contributed by atoms with Crippen LogP contribution in [0.15, 0.2) is 88.4 Å². The Morgan fingerprint density at radius 1 is 0.971 bits per heavy atom. The fourth-order valence-corrected chi connectivity index (χ4v) is 3.88. The summed E-state index contributed by atoms with van der Waals surface area (Å²) in [7, 11) is 0. The minimum absolute atomic E-state index is 0.217. The molecule has 4 aromatic rings. The molecule has 34 heavy (non-hydrogen) atoms. The second-order valence-electron chi connectivity index (χ2n) is 6.89. The SMILES string of the molecule is O=C(N/N=C\c1cc(OCc2ccccc2)ccc1Br)C(=O)Nc1nnc(-c2ccccc2)s1. The lowest BCUT2D eigenvalue weighted by Gasteiger charge is -2.08. The molecule has 4 rings (SSSR count). The van der Waals surface area contributed by atoms with Crippen LogP contribution in [0.3, 0.4) is 0 Å². The van der Waals surface area contributed by atoms with Crippen molar-refractivity contribution in [3.05, 3.63) is 94.5 Å². The van der Waals surface area contributed by atoms with Gasteiger partial charge in [0.1, 0.15) is 17.4 Å². The fourth-order valence-electron chi connectivity index (χ4n) is 2.79. The molecular formula is C24H18BrN5O3S. The molecule has 10 heteroatoms. The van der Waals surface area contributed by atoms with Crippen LogP contribution in [-0.2, 0) is 16.2 Å². The van der Waals surface area contributed by atoms with E-state index in [1.165, 1.54) is 17.6 Å². The first-order valence-electron chi connectivity index (χ1n) is 10.1. The van der Waals surface area contributed by atoms with Crippen molar-refractivity contribution < 1.29 is 14.3 Å². The number of hydrazone groups is 1. The average Bonchev–Trinajstić information content (AvgIpc) is 3.34. The highest BCUT2D eigenvalue weighted by atomic mass is 79.9. The van der Waals surface area contributed by atoms with Crippen LogP contribution in [0, 0.1) is 0 Å². The van der Waals surface area contributed by atoms with Gasteiger partial charge in [0.2, 0.25) is 5.13 Å². The lowest BCUT2D eigenvalue weighted by Crippen LogP contribution is -2.32. The van der Waals surface area contributed by atoms with Crippen molar-refractivity contribution in [2.45, 2.75) is 6.61 Å². The number of hydrogen-bond acceptors (Lipinski definition) is 7. The van der Waals surface area contributed by atoms with Crippen LogP contribution in [0.4, 0.5) is 5.13 Å². The zero-order valence-electron chi connectivity index (χ0n) is 17.6. The number of nitrogens with one attached hydrogen (secondary N) is 2. The summed E-state index contributed by atoms with van der Waals surface area (Å²) in [5, 5.41) is 15.1. The third-order valence-electron chi connectivity index (χ3n) is 4.46. The summed E-state index contributed by atoms with van der Waals surface area (Å²) in [5.74, 6) is -1.18. The predicted octanol–water partition coefficient (Wildman–Crippen LogP) is 4.64. The molecule has 170 valence electrons. The van der Waals surface area contributed by atoms with Crippen LogP contribution < -0.4 is 15.5 Å². The molecule has 0 aliphatic rings. The van der Waals surface area contributed by atoms with Crippen molar-refractivity contribution in [2.24, 2.45) is 5.10 Å². The Bertz CT molecular complexity index is 1310.